The summed E-state index contributed by atoms with van der Waals surface area (Å²) in [6, 6.07) is 4.08. The Bertz CT molecular complexity index is 357. The maximum Gasteiger partial charge on any atom is 0.221 e. The number of thiophene rings is 1. The fourth-order valence-electron chi connectivity index (χ4n) is 1.29. The first kappa shape index (κ1) is 13.7. The number of halogens is 1. The molecule has 0 unspecified atom stereocenters. The van der Waals surface area contributed by atoms with Gasteiger partial charge in [-0.25, -0.2) is 0 Å². The largest absolute Gasteiger partial charge is 0.356 e. The molecule has 1 rings (SSSR count). The molecule has 0 aliphatic rings. The van der Waals surface area contributed by atoms with Crippen LogP contribution in [0.4, 0.5) is 0 Å². The third-order valence-corrected chi connectivity index (χ3v) is 3.62. The Labute approximate surface area is 109 Å². The highest BCUT2D eigenvalue weighted by molar-refractivity contribution is 9.11. The van der Waals surface area contributed by atoms with E-state index in [4.69, 9.17) is 5.73 Å². The van der Waals surface area contributed by atoms with E-state index in [1.807, 2.05) is 19.9 Å². The molecule has 0 spiro atoms. The number of hydrogen-bond acceptors (Lipinski definition) is 3. The van der Waals surface area contributed by atoms with Crippen LogP contribution in [-0.2, 0) is 11.2 Å². The fourth-order valence-corrected chi connectivity index (χ4v) is 2.77. The number of amides is 1. The summed E-state index contributed by atoms with van der Waals surface area (Å²) in [4.78, 5) is 12.7. The van der Waals surface area contributed by atoms with Crippen molar-refractivity contribution in [2.75, 3.05) is 6.54 Å². The van der Waals surface area contributed by atoms with Gasteiger partial charge in [0.15, 0.2) is 0 Å². The molecule has 1 aromatic rings. The average molecular weight is 305 g/mol. The normalized spacial score (nSPS) is 11.5. The molecule has 0 bridgehead atoms. The SMILES string of the molecule is CC(C)(N)CC(=O)NCCc1ccc(Br)s1. The first-order valence-corrected chi connectivity index (χ1v) is 6.77. The van der Waals surface area contributed by atoms with Gasteiger partial charge in [0, 0.05) is 23.4 Å². The van der Waals surface area contributed by atoms with Crippen molar-refractivity contribution in [2.24, 2.45) is 5.73 Å². The Kier molecular flexibility index (Phi) is 4.95. The second-order valence-electron chi connectivity index (χ2n) is 4.47. The summed E-state index contributed by atoms with van der Waals surface area (Å²) in [6.45, 7) is 4.37. The lowest BCUT2D eigenvalue weighted by Crippen LogP contribution is -2.39. The Hall–Kier alpha value is -0.390. The quantitative estimate of drug-likeness (QED) is 0.877. The van der Waals surface area contributed by atoms with Crippen LogP contribution in [0.3, 0.4) is 0 Å². The van der Waals surface area contributed by atoms with Crippen LogP contribution in [-0.4, -0.2) is 18.0 Å². The summed E-state index contributed by atoms with van der Waals surface area (Å²) in [5.41, 5.74) is 5.32. The molecule has 0 atom stereocenters. The number of carbonyl (C=O) groups is 1. The molecule has 0 fully saturated rings. The van der Waals surface area contributed by atoms with E-state index in [2.05, 4.69) is 27.3 Å². The minimum Gasteiger partial charge on any atom is -0.356 e. The molecule has 3 nitrogen and oxygen atoms in total. The van der Waals surface area contributed by atoms with Gasteiger partial charge in [-0.3, -0.25) is 4.79 Å². The van der Waals surface area contributed by atoms with Crippen LogP contribution in [0.2, 0.25) is 0 Å². The van der Waals surface area contributed by atoms with E-state index in [1.54, 1.807) is 11.3 Å². The highest BCUT2D eigenvalue weighted by Gasteiger charge is 2.15. The van der Waals surface area contributed by atoms with E-state index < -0.39 is 5.54 Å². The van der Waals surface area contributed by atoms with Gasteiger partial charge in [0.05, 0.1) is 3.79 Å². The second-order valence-corrected chi connectivity index (χ2v) is 7.02. The van der Waals surface area contributed by atoms with Crippen molar-refractivity contribution >= 4 is 33.2 Å². The Balaban J connectivity index is 2.23. The van der Waals surface area contributed by atoms with Gasteiger partial charge >= 0.3 is 0 Å². The van der Waals surface area contributed by atoms with Crippen molar-refractivity contribution in [3.63, 3.8) is 0 Å². The van der Waals surface area contributed by atoms with E-state index in [-0.39, 0.29) is 5.91 Å². The van der Waals surface area contributed by atoms with Gasteiger partial charge in [0.2, 0.25) is 5.91 Å². The van der Waals surface area contributed by atoms with E-state index in [1.165, 1.54) is 4.88 Å². The molecule has 90 valence electrons. The smallest absolute Gasteiger partial charge is 0.221 e. The van der Waals surface area contributed by atoms with Crippen molar-refractivity contribution in [3.8, 4) is 0 Å². The van der Waals surface area contributed by atoms with Gasteiger partial charge in [-0.15, -0.1) is 11.3 Å². The number of rotatable bonds is 5. The molecule has 0 saturated heterocycles. The van der Waals surface area contributed by atoms with E-state index in [0.29, 0.717) is 13.0 Å². The third-order valence-electron chi connectivity index (χ3n) is 1.94. The van der Waals surface area contributed by atoms with Gasteiger partial charge in [0.25, 0.3) is 0 Å². The van der Waals surface area contributed by atoms with Crippen LogP contribution in [0.15, 0.2) is 15.9 Å². The van der Waals surface area contributed by atoms with E-state index in [9.17, 15) is 4.79 Å². The van der Waals surface area contributed by atoms with Gasteiger partial charge in [-0.1, -0.05) is 0 Å². The van der Waals surface area contributed by atoms with E-state index >= 15 is 0 Å². The minimum absolute atomic E-state index is 0.0168. The summed E-state index contributed by atoms with van der Waals surface area (Å²) in [5, 5.41) is 2.87. The highest BCUT2D eigenvalue weighted by Crippen LogP contribution is 2.22. The predicted molar refractivity (Wildman–Crippen MR) is 71.6 cm³/mol. The molecule has 0 saturated carbocycles. The monoisotopic (exact) mass is 304 g/mol. The van der Waals surface area contributed by atoms with Gasteiger partial charge in [-0.2, -0.15) is 0 Å². The van der Waals surface area contributed by atoms with Gasteiger partial charge < -0.3 is 11.1 Å². The maximum atomic E-state index is 11.5. The maximum absolute atomic E-state index is 11.5. The lowest BCUT2D eigenvalue weighted by molar-refractivity contribution is -0.121. The molecule has 1 heterocycles. The molecule has 0 aliphatic carbocycles. The van der Waals surface area contributed by atoms with E-state index in [0.717, 1.165) is 10.2 Å². The van der Waals surface area contributed by atoms with Crippen molar-refractivity contribution in [3.05, 3.63) is 20.8 Å². The highest BCUT2D eigenvalue weighted by atomic mass is 79.9. The summed E-state index contributed by atoms with van der Waals surface area (Å²) in [6.07, 6.45) is 1.23. The zero-order valence-corrected chi connectivity index (χ0v) is 12.0. The first-order valence-electron chi connectivity index (χ1n) is 5.16. The molecule has 16 heavy (non-hydrogen) atoms. The number of nitrogens with two attached hydrogens (primary N) is 1. The van der Waals surface area contributed by atoms with Crippen LogP contribution in [0.25, 0.3) is 0 Å². The molecule has 1 amide bonds. The molecular formula is C11H17BrN2OS. The molecule has 0 radical (unpaired) electrons. The van der Waals surface area contributed by atoms with Crippen LogP contribution in [0, 0.1) is 0 Å². The topological polar surface area (TPSA) is 55.1 Å². The lowest BCUT2D eigenvalue weighted by Gasteiger charge is -2.17. The summed E-state index contributed by atoms with van der Waals surface area (Å²) in [5.74, 6) is 0.0168. The Morgan fingerprint density at radius 3 is 2.75 bits per heavy atom. The molecular weight excluding hydrogens is 288 g/mol. The molecule has 0 aliphatic heterocycles. The summed E-state index contributed by atoms with van der Waals surface area (Å²) in [7, 11) is 0. The van der Waals surface area contributed by atoms with Gasteiger partial charge in [0.1, 0.15) is 0 Å². The Morgan fingerprint density at radius 1 is 1.56 bits per heavy atom. The van der Waals surface area contributed by atoms with Crippen LogP contribution in [0.5, 0.6) is 0 Å². The van der Waals surface area contributed by atoms with Gasteiger partial charge in [-0.05, 0) is 48.3 Å². The number of nitrogens with one attached hydrogen (secondary N) is 1. The van der Waals surface area contributed by atoms with Crippen molar-refractivity contribution in [1.29, 1.82) is 0 Å². The molecule has 3 N–H and O–H groups in total. The zero-order chi connectivity index (χ0) is 12.2. The van der Waals surface area contributed by atoms with Crippen molar-refractivity contribution in [1.82, 2.24) is 5.32 Å². The predicted octanol–water partition coefficient (Wildman–Crippen LogP) is 2.30. The van der Waals surface area contributed by atoms with Crippen molar-refractivity contribution < 1.29 is 4.79 Å². The van der Waals surface area contributed by atoms with Crippen LogP contribution >= 0.6 is 27.3 Å². The molecule has 0 aromatic carbocycles. The minimum atomic E-state index is -0.434. The zero-order valence-electron chi connectivity index (χ0n) is 9.55. The van der Waals surface area contributed by atoms with Crippen molar-refractivity contribution in [2.45, 2.75) is 32.2 Å². The standard InChI is InChI=1S/C11H17BrN2OS/c1-11(2,13)7-10(15)14-6-5-8-3-4-9(12)16-8/h3-4H,5-7,13H2,1-2H3,(H,14,15). The number of hydrogen-bond donors (Lipinski definition) is 2. The fraction of sp³-hybridized carbons (Fsp3) is 0.545. The summed E-state index contributed by atoms with van der Waals surface area (Å²) < 4.78 is 1.12. The second kappa shape index (κ2) is 5.80. The molecule has 1 aromatic heterocycles. The Morgan fingerprint density at radius 2 is 2.25 bits per heavy atom. The molecule has 5 heteroatoms. The lowest BCUT2D eigenvalue weighted by atomic mass is 10.0. The van der Waals surface area contributed by atoms with Crippen LogP contribution < -0.4 is 11.1 Å². The number of carbonyl (C=O) groups excluding carboxylic acids is 1. The average Bonchev–Trinajstić information content (AvgIpc) is 2.48. The first-order chi connectivity index (χ1) is 7.37. The van der Waals surface area contributed by atoms with Crippen LogP contribution in [0.1, 0.15) is 25.1 Å². The third kappa shape index (κ3) is 5.63. The summed E-state index contributed by atoms with van der Waals surface area (Å²) >= 11 is 5.10.